The third kappa shape index (κ3) is 4.79. The Balaban J connectivity index is 0.00000242. The van der Waals surface area contributed by atoms with Crippen LogP contribution in [-0.2, 0) is 6.42 Å². The van der Waals surface area contributed by atoms with Gasteiger partial charge >= 0.3 is 0 Å². The fourth-order valence-electron chi connectivity index (χ4n) is 3.00. The van der Waals surface area contributed by atoms with Gasteiger partial charge < -0.3 is 9.47 Å². The molecule has 0 fully saturated rings. The molecule has 0 amide bonds. The minimum Gasteiger partial charge on any atom is -0.493 e. The van der Waals surface area contributed by atoms with E-state index < -0.39 is 0 Å². The fourth-order valence-corrected chi connectivity index (χ4v) is 3.00. The molecule has 1 aromatic rings. The second kappa shape index (κ2) is 9.96. The van der Waals surface area contributed by atoms with Gasteiger partial charge in [-0.2, -0.15) is 0 Å². The van der Waals surface area contributed by atoms with Gasteiger partial charge in [-0.05, 0) is 50.9 Å². The van der Waals surface area contributed by atoms with E-state index in [2.05, 4.69) is 37.8 Å². The van der Waals surface area contributed by atoms with E-state index in [-0.39, 0.29) is 12.4 Å². The Kier molecular flexibility index (Phi) is 8.66. The summed E-state index contributed by atoms with van der Waals surface area (Å²) in [5.74, 6) is 2.01. The van der Waals surface area contributed by atoms with Crippen LogP contribution in [0.15, 0.2) is 18.2 Å². The van der Waals surface area contributed by atoms with Gasteiger partial charge in [0.05, 0.1) is 6.61 Å². The molecular formula is C18H30ClNO2. The number of ether oxygens (including phenoxy) is 2. The predicted molar refractivity (Wildman–Crippen MR) is 94.6 cm³/mol. The molecule has 1 aromatic carbocycles. The molecule has 0 bridgehead atoms. The van der Waals surface area contributed by atoms with Crippen molar-refractivity contribution < 1.29 is 9.47 Å². The monoisotopic (exact) mass is 327 g/mol. The molecule has 0 saturated heterocycles. The van der Waals surface area contributed by atoms with Gasteiger partial charge in [-0.3, -0.25) is 4.90 Å². The SMILES string of the molecule is CCCOc1cccc2c1CC(N(CCC)CCC)CO2.Cl. The average molecular weight is 328 g/mol. The molecule has 0 saturated carbocycles. The van der Waals surface area contributed by atoms with E-state index >= 15 is 0 Å². The molecular weight excluding hydrogens is 298 g/mol. The van der Waals surface area contributed by atoms with Crippen LogP contribution in [-0.4, -0.2) is 37.2 Å². The number of benzene rings is 1. The molecule has 22 heavy (non-hydrogen) atoms. The number of nitrogens with zero attached hydrogens (tertiary/aromatic N) is 1. The van der Waals surface area contributed by atoms with Crippen LogP contribution in [0.2, 0.25) is 0 Å². The van der Waals surface area contributed by atoms with Gasteiger partial charge in [0.15, 0.2) is 0 Å². The maximum absolute atomic E-state index is 6.01. The van der Waals surface area contributed by atoms with Crippen molar-refractivity contribution in [1.29, 1.82) is 0 Å². The number of hydrogen-bond acceptors (Lipinski definition) is 3. The lowest BCUT2D eigenvalue weighted by Gasteiger charge is -2.35. The van der Waals surface area contributed by atoms with Crippen LogP contribution in [0.1, 0.15) is 45.6 Å². The van der Waals surface area contributed by atoms with Crippen LogP contribution in [0.3, 0.4) is 0 Å². The first kappa shape index (κ1) is 19.1. The molecule has 4 heteroatoms. The quantitative estimate of drug-likeness (QED) is 0.709. The summed E-state index contributed by atoms with van der Waals surface area (Å²) < 4.78 is 11.9. The molecule has 0 aromatic heterocycles. The van der Waals surface area contributed by atoms with Gasteiger partial charge in [-0.25, -0.2) is 0 Å². The average Bonchev–Trinajstić information content (AvgIpc) is 2.52. The molecule has 1 heterocycles. The van der Waals surface area contributed by atoms with Crippen LogP contribution in [0.4, 0.5) is 0 Å². The molecule has 1 aliphatic rings. The van der Waals surface area contributed by atoms with Gasteiger partial charge in [0.25, 0.3) is 0 Å². The standard InChI is InChI=1S/C18H29NO2.ClH/c1-4-10-19(11-5-2)15-13-16-17(20-12-6-3)8-7-9-18(16)21-14-15;/h7-9,15H,4-6,10-14H2,1-3H3;1H. The lowest BCUT2D eigenvalue weighted by Crippen LogP contribution is -2.44. The van der Waals surface area contributed by atoms with Gasteiger partial charge in [0.1, 0.15) is 18.1 Å². The summed E-state index contributed by atoms with van der Waals surface area (Å²) in [6.07, 6.45) is 4.45. The molecule has 0 radical (unpaired) electrons. The van der Waals surface area contributed by atoms with Crippen molar-refractivity contribution in [1.82, 2.24) is 4.90 Å². The van der Waals surface area contributed by atoms with Crippen LogP contribution in [0, 0.1) is 0 Å². The molecule has 0 N–H and O–H groups in total. The molecule has 1 atom stereocenters. The topological polar surface area (TPSA) is 21.7 Å². The van der Waals surface area contributed by atoms with Crippen LogP contribution in [0.5, 0.6) is 11.5 Å². The Labute approximate surface area is 141 Å². The van der Waals surface area contributed by atoms with Crippen LogP contribution in [0.25, 0.3) is 0 Å². The Bertz CT molecular complexity index is 433. The van der Waals surface area contributed by atoms with Gasteiger partial charge in [-0.15, -0.1) is 12.4 Å². The van der Waals surface area contributed by atoms with E-state index in [1.807, 2.05) is 6.07 Å². The largest absolute Gasteiger partial charge is 0.493 e. The maximum Gasteiger partial charge on any atom is 0.126 e. The number of fused-ring (bicyclic) bond motifs is 1. The van der Waals surface area contributed by atoms with Gasteiger partial charge in [0, 0.05) is 11.6 Å². The number of halogens is 1. The summed E-state index contributed by atoms with van der Waals surface area (Å²) in [5, 5.41) is 0. The lowest BCUT2D eigenvalue weighted by atomic mass is 10.00. The first-order chi connectivity index (χ1) is 10.3. The predicted octanol–water partition coefficient (Wildman–Crippen LogP) is 4.32. The second-order valence-electron chi connectivity index (χ2n) is 5.79. The van der Waals surface area contributed by atoms with Crippen LogP contribution < -0.4 is 9.47 Å². The van der Waals surface area contributed by atoms with Gasteiger partial charge in [0.2, 0.25) is 0 Å². The highest BCUT2D eigenvalue weighted by molar-refractivity contribution is 5.85. The highest BCUT2D eigenvalue weighted by Crippen LogP contribution is 2.34. The summed E-state index contributed by atoms with van der Waals surface area (Å²) in [6, 6.07) is 6.64. The van der Waals surface area contributed by atoms with Crippen molar-refractivity contribution in [3.05, 3.63) is 23.8 Å². The zero-order chi connectivity index (χ0) is 15.1. The smallest absolute Gasteiger partial charge is 0.126 e. The molecule has 3 nitrogen and oxygen atoms in total. The van der Waals surface area contributed by atoms with E-state index in [0.29, 0.717) is 6.04 Å². The molecule has 1 aliphatic heterocycles. The third-order valence-electron chi connectivity index (χ3n) is 3.96. The normalized spacial score (nSPS) is 16.6. The molecule has 0 spiro atoms. The van der Waals surface area contributed by atoms with E-state index in [0.717, 1.165) is 50.6 Å². The number of rotatable bonds is 8. The Morgan fingerprint density at radius 3 is 2.50 bits per heavy atom. The molecule has 126 valence electrons. The summed E-state index contributed by atoms with van der Waals surface area (Å²) in [5.41, 5.74) is 1.25. The summed E-state index contributed by atoms with van der Waals surface area (Å²) in [6.45, 7) is 10.5. The highest BCUT2D eigenvalue weighted by atomic mass is 35.5. The van der Waals surface area contributed by atoms with E-state index in [1.165, 1.54) is 18.4 Å². The molecule has 1 unspecified atom stereocenters. The summed E-state index contributed by atoms with van der Waals surface area (Å²) in [7, 11) is 0. The van der Waals surface area contributed by atoms with Crippen molar-refractivity contribution in [2.45, 2.75) is 52.5 Å². The third-order valence-corrected chi connectivity index (χ3v) is 3.96. The second-order valence-corrected chi connectivity index (χ2v) is 5.79. The maximum atomic E-state index is 6.01. The summed E-state index contributed by atoms with van der Waals surface area (Å²) >= 11 is 0. The Morgan fingerprint density at radius 2 is 1.86 bits per heavy atom. The van der Waals surface area contributed by atoms with Crippen molar-refractivity contribution in [2.75, 3.05) is 26.3 Å². The van der Waals surface area contributed by atoms with Crippen molar-refractivity contribution in [3.63, 3.8) is 0 Å². The Hall–Kier alpha value is -0.930. The molecule has 0 aliphatic carbocycles. The minimum absolute atomic E-state index is 0. The minimum atomic E-state index is 0. The zero-order valence-corrected chi connectivity index (χ0v) is 15.0. The lowest BCUT2D eigenvalue weighted by molar-refractivity contribution is 0.117. The molecule has 2 rings (SSSR count). The van der Waals surface area contributed by atoms with E-state index in [9.17, 15) is 0 Å². The Morgan fingerprint density at radius 1 is 1.14 bits per heavy atom. The van der Waals surface area contributed by atoms with E-state index in [4.69, 9.17) is 9.47 Å². The van der Waals surface area contributed by atoms with Gasteiger partial charge in [-0.1, -0.05) is 26.8 Å². The van der Waals surface area contributed by atoms with Crippen LogP contribution >= 0.6 is 12.4 Å². The first-order valence-electron chi connectivity index (χ1n) is 8.41. The number of hydrogen-bond donors (Lipinski definition) is 0. The van der Waals surface area contributed by atoms with Crippen molar-refractivity contribution >= 4 is 12.4 Å². The zero-order valence-electron chi connectivity index (χ0n) is 14.1. The fraction of sp³-hybridized carbons (Fsp3) is 0.667. The highest BCUT2D eigenvalue weighted by Gasteiger charge is 2.26. The summed E-state index contributed by atoms with van der Waals surface area (Å²) in [4.78, 5) is 2.57. The van der Waals surface area contributed by atoms with E-state index in [1.54, 1.807) is 0 Å². The first-order valence-corrected chi connectivity index (χ1v) is 8.41. The van der Waals surface area contributed by atoms with Crippen molar-refractivity contribution in [3.8, 4) is 11.5 Å². The van der Waals surface area contributed by atoms with Crippen molar-refractivity contribution in [2.24, 2.45) is 0 Å².